The summed E-state index contributed by atoms with van der Waals surface area (Å²) in [5.41, 5.74) is 5.65. The summed E-state index contributed by atoms with van der Waals surface area (Å²) in [7, 11) is 0. The summed E-state index contributed by atoms with van der Waals surface area (Å²) in [4.78, 5) is 0. The lowest BCUT2D eigenvalue weighted by Gasteiger charge is -2.12. The van der Waals surface area contributed by atoms with Crippen LogP contribution in [0.4, 0.5) is 18.9 Å². The average molecular weight is 346 g/mol. The van der Waals surface area contributed by atoms with E-state index in [0.717, 1.165) is 22.2 Å². The van der Waals surface area contributed by atoms with Crippen molar-refractivity contribution in [2.75, 3.05) is 5.73 Å². The van der Waals surface area contributed by atoms with Gasteiger partial charge in [-0.1, -0.05) is 28.1 Å². The van der Waals surface area contributed by atoms with Gasteiger partial charge in [-0.3, -0.25) is 0 Å². The summed E-state index contributed by atoms with van der Waals surface area (Å²) < 4.78 is 43.8. The zero-order valence-corrected chi connectivity index (χ0v) is 11.8. The Morgan fingerprint density at radius 3 is 2.25 bits per heavy atom. The third-order valence-electron chi connectivity index (χ3n) is 2.64. The summed E-state index contributed by atoms with van der Waals surface area (Å²) in [5, 5.41) is 0. The van der Waals surface area contributed by atoms with Gasteiger partial charge in [-0.05, 0) is 35.9 Å². The minimum absolute atomic E-state index is 0.0306. The van der Waals surface area contributed by atoms with E-state index in [1.165, 1.54) is 6.07 Å². The van der Waals surface area contributed by atoms with E-state index < -0.39 is 11.7 Å². The first kappa shape index (κ1) is 14.7. The highest BCUT2D eigenvalue weighted by molar-refractivity contribution is 9.10. The molecule has 0 bridgehead atoms. The molecule has 0 spiro atoms. The Labute approximate surface area is 122 Å². The molecule has 0 aliphatic rings. The Morgan fingerprint density at radius 2 is 1.70 bits per heavy atom. The Morgan fingerprint density at radius 1 is 1.05 bits per heavy atom. The monoisotopic (exact) mass is 345 g/mol. The molecule has 6 heteroatoms. The van der Waals surface area contributed by atoms with E-state index in [2.05, 4.69) is 15.9 Å². The molecular weight excluding hydrogens is 335 g/mol. The van der Waals surface area contributed by atoms with Crippen LogP contribution < -0.4 is 10.5 Å². The lowest BCUT2D eigenvalue weighted by atomic mass is 10.2. The predicted octanol–water partition coefficient (Wildman–Crippen LogP) is 4.63. The number of nitrogen functional groups attached to an aromatic ring is 1. The number of alkyl halides is 3. The van der Waals surface area contributed by atoms with Crippen LogP contribution in [-0.2, 0) is 12.8 Å². The highest BCUT2D eigenvalue weighted by Crippen LogP contribution is 2.33. The molecule has 0 aliphatic carbocycles. The molecular formula is C14H11BrF3NO. The van der Waals surface area contributed by atoms with Crippen LogP contribution in [0.3, 0.4) is 0 Å². The second kappa shape index (κ2) is 5.75. The van der Waals surface area contributed by atoms with Gasteiger partial charge in [0.05, 0.1) is 11.3 Å². The minimum Gasteiger partial charge on any atom is -0.487 e. The quantitative estimate of drug-likeness (QED) is 0.823. The van der Waals surface area contributed by atoms with Crippen molar-refractivity contribution in [2.24, 2.45) is 0 Å². The van der Waals surface area contributed by atoms with Crippen LogP contribution >= 0.6 is 15.9 Å². The van der Waals surface area contributed by atoms with Crippen LogP contribution in [0.25, 0.3) is 0 Å². The van der Waals surface area contributed by atoms with Gasteiger partial charge in [0.2, 0.25) is 0 Å². The van der Waals surface area contributed by atoms with E-state index in [4.69, 9.17) is 10.5 Å². The molecule has 0 radical (unpaired) electrons. The van der Waals surface area contributed by atoms with Crippen molar-refractivity contribution < 1.29 is 17.9 Å². The zero-order valence-electron chi connectivity index (χ0n) is 10.2. The van der Waals surface area contributed by atoms with Crippen molar-refractivity contribution in [1.29, 1.82) is 0 Å². The van der Waals surface area contributed by atoms with Crippen LogP contribution in [-0.4, -0.2) is 0 Å². The van der Waals surface area contributed by atoms with Crippen molar-refractivity contribution in [1.82, 2.24) is 0 Å². The second-order valence-corrected chi connectivity index (χ2v) is 5.08. The second-order valence-electron chi connectivity index (χ2n) is 4.17. The summed E-state index contributed by atoms with van der Waals surface area (Å²) in [6, 6.07) is 10.5. The molecule has 2 nitrogen and oxygen atoms in total. The molecule has 0 saturated heterocycles. The molecule has 0 aliphatic heterocycles. The van der Waals surface area contributed by atoms with Crippen LogP contribution in [0.15, 0.2) is 46.9 Å². The molecule has 2 N–H and O–H groups in total. The SMILES string of the molecule is Nc1cc(C(F)(F)F)ccc1OCc1ccc(Br)cc1. The summed E-state index contributed by atoms with van der Waals surface area (Å²) in [5.74, 6) is 0.237. The highest BCUT2D eigenvalue weighted by atomic mass is 79.9. The minimum atomic E-state index is -4.40. The molecule has 0 fully saturated rings. The molecule has 106 valence electrons. The Kier molecular flexibility index (Phi) is 4.23. The molecule has 2 rings (SSSR count). The maximum Gasteiger partial charge on any atom is 0.416 e. The third-order valence-corrected chi connectivity index (χ3v) is 3.17. The highest BCUT2D eigenvalue weighted by Gasteiger charge is 2.30. The third kappa shape index (κ3) is 3.66. The van der Waals surface area contributed by atoms with Crippen LogP contribution in [0.1, 0.15) is 11.1 Å². The summed E-state index contributed by atoms with van der Waals surface area (Å²) in [6.07, 6.45) is -4.40. The predicted molar refractivity (Wildman–Crippen MR) is 74.3 cm³/mol. The van der Waals surface area contributed by atoms with E-state index in [-0.39, 0.29) is 18.0 Å². The lowest BCUT2D eigenvalue weighted by Crippen LogP contribution is -2.06. The Hall–Kier alpha value is -1.69. The largest absolute Gasteiger partial charge is 0.487 e. The molecule has 0 aromatic heterocycles. The van der Waals surface area contributed by atoms with E-state index in [9.17, 15) is 13.2 Å². The molecule has 0 heterocycles. The van der Waals surface area contributed by atoms with Crippen molar-refractivity contribution in [2.45, 2.75) is 12.8 Å². The van der Waals surface area contributed by atoms with Gasteiger partial charge in [0.25, 0.3) is 0 Å². The van der Waals surface area contributed by atoms with Gasteiger partial charge in [0.1, 0.15) is 12.4 Å². The fraction of sp³-hybridized carbons (Fsp3) is 0.143. The molecule has 0 saturated carbocycles. The number of ether oxygens (including phenoxy) is 1. The number of rotatable bonds is 3. The van der Waals surface area contributed by atoms with E-state index in [1.807, 2.05) is 24.3 Å². The summed E-state index contributed by atoms with van der Waals surface area (Å²) in [6.45, 7) is 0.239. The molecule has 0 atom stereocenters. The standard InChI is InChI=1S/C14H11BrF3NO/c15-11-4-1-9(2-5-11)8-20-13-6-3-10(7-12(13)19)14(16,17)18/h1-7H,8,19H2. The number of nitrogens with two attached hydrogens (primary N) is 1. The fourth-order valence-electron chi connectivity index (χ4n) is 1.60. The van der Waals surface area contributed by atoms with Gasteiger partial charge in [0, 0.05) is 4.47 Å². The number of anilines is 1. The van der Waals surface area contributed by atoms with Crippen LogP contribution in [0.2, 0.25) is 0 Å². The first-order valence-corrected chi connectivity index (χ1v) is 6.49. The van der Waals surface area contributed by atoms with Gasteiger partial charge in [0.15, 0.2) is 0 Å². The van der Waals surface area contributed by atoms with Crippen molar-refractivity contribution >= 4 is 21.6 Å². The van der Waals surface area contributed by atoms with E-state index in [0.29, 0.717) is 0 Å². The number of benzene rings is 2. The average Bonchev–Trinajstić information content (AvgIpc) is 2.38. The first-order valence-electron chi connectivity index (χ1n) is 5.70. The van der Waals surface area contributed by atoms with Crippen LogP contribution in [0.5, 0.6) is 5.75 Å². The van der Waals surface area contributed by atoms with E-state index in [1.54, 1.807) is 0 Å². The fourth-order valence-corrected chi connectivity index (χ4v) is 1.86. The normalized spacial score (nSPS) is 11.4. The zero-order chi connectivity index (χ0) is 14.8. The van der Waals surface area contributed by atoms with Gasteiger partial charge in [-0.15, -0.1) is 0 Å². The molecule has 0 amide bonds. The topological polar surface area (TPSA) is 35.2 Å². The number of halogens is 4. The van der Waals surface area contributed by atoms with Crippen molar-refractivity contribution in [3.05, 3.63) is 58.1 Å². The van der Waals surface area contributed by atoms with Gasteiger partial charge < -0.3 is 10.5 Å². The smallest absolute Gasteiger partial charge is 0.416 e. The molecule has 2 aromatic rings. The Bertz CT molecular complexity index is 596. The van der Waals surface area contributed by atoms with Gasteiger partial charge >= 0.3 is 6.18 Å². The number of hydrogen-bond donors (Lipinski definition) is 1. The molecule has 20 heavy (non-hydrogen) atoms. The number of hydrogen-bond acceptors (Lipinski definition) is 2. The Balaban J connectivity index is 2.08. The van der Waals surface area contributed by atoms with Gasteiger partial charge in [-0.2, -0.15) is 13.2 Å². The van der Waals surface area contributed by atoms with Gasteiger partial charge in [-0.25, -0.2) is 0 Å². The molecule has 0 unspecified atom stereocenters. The van der Waals surface area contributed by atoms with Crippen LogP contribution in [0, 0.1) is 0 Å². The lowest BCUT2D eigenvalue weighted by molar-refractivity contribution is -0.137. The maximum atomic E-state index is 12.5. The van der Waals surface area contributed by atoms with Crippen molar-refractivity contribution in [3.8, 4) is 5.75 Å². The maximum absolute atomic E-state index is 12.5. The van der Waals surface area contributed by atoms with E-state index >= 15 is 0 Å². The van der Waals surface area contributed by atoms with Crippen molar-refractivity contribution in [3.63, 3.8) is 0 Å². The summed E-state index contributed by atoms with van der Waals surface area (Å²) >= 11 is 3.31. The first-order chi connectivity index (χ1) is 9.36. The molecule has 2 aromatic carbocycles.